The molecule has 0 radical (unpaired) electrons. The molecular weight excluding hydrogens is 727 g/mol. The third-order valence-corrected chi connectivity index (χ3v) is 12.2. The average molecular weight is 783 g/mol. The Morgan fingerprint density at radius 2 is 1.10 bits per heavy atom. The summed E-state index contributed by atoms with van der Waals surface area (Å²) >= 11 is 1.61. The number of halogens is 2. The Morgan fingerprint density at radius 1 is 0.620 bits per heavy atom. The van der Waals surface area contributed by atoms with Gasteiger partial charge in [-0.3, -0.25) is 0 Å². The monoisotopic (exact) mass is 780 g/mol. The Morgan fingerprint density at radius 3 is 1.52 bits per heavy atom. The first-order valence-electron chi connectivity index (χ1n) is 17.6. The largest absolute Gasteiger partial charge is 1.00 e. The summed E-state index contributed by atoms with van der Waals surface area (Å²) in [5, 5.41) is 0. The molecule has 0 atom stereocenters. The van der Waals surface area contributed by atoms with Gasteiger partial charge < -0.3 is 24.8 Å². The van der Waals surface area contributed by atoms with Gasteiger partial charge in [0.2, 0.25) is 0 Å². The molecule has 0 aliphatic heterocycles. The fourth-order valence-corrected chi connectivity index (χ4v) is 6.56. The van der Waals surface area contributed by atoms with E-state index in [1.165, 1.54) is 66.8 Å². The number of rotatable bonds is 4. The van der Waals surface area contributed by atoms with Crippen LogP contribution in [0.3, 0.4) is 0 Å². The SMILES string of the molecule is CC(C)[C](=[Zr+2])C(C)C.Cc1ccccc1-c1[c-]c2c(cc1C(C)(C)C)-c1cc(C(C)(C)C)c(-c3ccccc3C)cc1C2.[Cl-].[Cl-].c1cc[cH-]c1. The van der Waals surface area contributed by atoms with Crippen molar-refractivity contribution in [3.8, 4) is 33.4 Å². The molecule has 0 unspecified atom stereocenters. The van der Waals surface area contributed by atoms with Gasteiger partial charge in [0.25, 0.3) is 0 Å². The van der Waals surface area contributed by atoms with Gasteiger partial charge in [-0.25, -0.2) is 12.1 Å². The van der Waals surface area contributed by atoms with Crippen LogP contribution in [-0.2, 0) is 41.5 Å². The minimum Gasteiger partial charge on any atom is -1.00 e. The molecule has 50 heavy (non-hydrogen) atoms. The molecule has 5 aromatic carbocycles. The van der Waals surface area contributed by atoms with Gasteiger partial charge in [0, 0.05) is 0 Å². The molecule has 5 aromatic rings. The molecule has 1 aliphatic carbocycles. The van der Waals surface area contributed by atoms with Gasteiger partial charge in [0.05, 0.1) is 0 Å². The summed E-state index contributed by atoms with van der Waals surface area (Å²) in [7, 11) is 0. The molecule has 0 amide bonds. The van der Waals surface area contributed by atoms with Crippen molar-refractivity contribution < 1.29 is 49.0 Å². The van der Waals surface area contributed by atoms with Crippen LogP contribution in [0.25, 0.3) is 33.4 Å². The fourth-order valence-electron chi connectivity index (χ4n) is 6.56. The van der Waals surface area contributed by atoms with E-state index in [-0.39, 0.29) is 35.6 Å². The van der Waals surface area contributed by atoms with Gasteiger partial charge in [-0.2, -0.15) is 18.2 Å². The third-order valence-electron chi connectivity index (χ3n) is 9.33. The topological polar surface area (TPSA) is 0 Å². The quantitative estimate of drug-likeness (QED) is 0.169. The van der Waals surface area contributed by atoms with Crippen LogP contribution in [0.1, 0.15) is 103 Å². The molecule has 264 valence electrons. The first kappa shape index (κ1) is 43.7. The van der Waals surface area contributed by atoms with E-state index < -0.39 is 0 Å². The molecule has 0 heterocycles. The standard InChI is InChI=1S/C35H37.C7H14.C5H5.2ClH.Zr/c1-22-13-9-11-15-26(22)30-18-24-17-25-19-31(27-16-12-10-14-23(27)2)33(35(6,7)8)21-29(25)28(24)20-32(30)34(3,4)5;1-6(2)5-7(3)4;1-2-4-5-3-1;;;/h9-16,18,20-21H,17H2,1-8H3;6-7H,1-4H3;1-5H;2*1H;/q-1;;-1;;;+2/p-2. The zero-order chi connectivity index (χ0) is 35.4. The molecule has 0 nitrogen and oxygen atoms in total. The summed E-state index contributed by atoms with van der Waals surface area (Å²) in [5.41, 5.74) is 16.3. The van der Waals surface area contributed by atoms with Crippen molar-refractivity contribution in [1.29, 1.82) is 0 Å². The van der Waals surface area contributed by atoms with Gasteiger partial charge in [0.1, 0.15) is 0 Å². The molecule has 0 aromatic heterocycles. The predicted molar refractivity (Wildman–Crippen MR) is 208 cm³/mol. The van der Waals surface area contributed by atoms with Crippen LogP contribution in [-0.4, -0.2) is 3.21 Å². The molecule has 3 heteroatoms. The number of aryl methyl sites for hydroxylation is 2. The second kappa shape index (κ2) is 18.4. The van der Waals surface area contributed by atoms with Crippen molar-refractivity contribution in [2.45, 2.75) is 100 Å². The maximum atomic E-state index is 3.93. The zero-order valence-electron chi connectivity index (χ0n) is 32.4. The second-order valence-corrected chi connectivity index (χ2v) is 17.5. The average Bonchev–Trinajstić information content (AvgIpc) is 3.71. The van der Waals surface area contributed by atoms with E-state index in [0.29, 0.717) is 0 Å². The first-order chi connectivity index (χ1) is 22.5. The van der Waals surface area contributed by atoms with Gasteiger partial charge in [0.15, 0.2) is 0 Å². The molecule has 0 fully saturated rings. The van der Waals surface area contributed by atoms with Crippen LogP contribution in [0.5, 0.6) is 0 Å². The van der Waals surface area contributed by atoms with Crippen LogP contribution in [0.4, 0.5) is 0 Å². The molecule has 0 bridgehead atoms. The Kier molecular flexibility index (Phi) is 16.1. The summed E-state index contributed by atoms with van der Waals surface area (Å²) in [6, 6.07) is 38.9. The molecule has 1 aliphatic rings. The molecule has 0 saturated carbocycles. The maximum Gasteiger partial charge on any atom is -0.0126 e. The van der Waals surface area contributed by atoms with E-state index in [0.717, 1.165) is 18.3 Å². The van der Waals surface area contributed by atoms with Crippen molar-refractivity contribution in [3.63, 3.8) is 0 Å². The molecular formula is C47H56Cl2Zr-2. The minimum atomic E-state index is 0. The second-order valence-electron chi connectivity index (χ2n) is 16.0. The van der Waals surface area contributed by atoms with E-state index >= 15 is 0 Å². The van der Waals surface area contributed by atoms with Crippen LogP contribution >= 0.6 is 0 Å². The summed E-state index contributed by atoms with van der Waals surface area (Å²) in [6.45, 7) is 27.5. The summed E-state index contributed by atoms with van der Waals surface area (Å²) in [5.74, 6) is 1.60. The Labute approximate surface area is 332 Å². The first-order valence-corrected chi connectivity index (χ1v) is 18.9. The van der Waals surface area contributed by atoms with Crippen molar-refractivity contribution in [1.82, 2.24) is 0 Å². The van der Waals surface area contributed by atoms with E-state index in [2.05, 4.69) is 156 Å². The van der Waals surface area contributed by atoms with E-state index in [9.17, 15) is 0 Å². The van der Waals surface area contributed by atoms with Crippen LogP contribution in [0.15, 0.2) is 97.1 Å². The Hall–Kier alpha value is -2.44. The van der Waals surface area contributed by atoms with E-state index in [4.69, 9.17) is 0 Å². The van der Waals surface area contributed by atoms with Crippen molar-refractivity contribution in [2.24, 2.45) is 11.8 Å². The van der Waals surface area contributed by atoms with Gasteiger partial charge in [-0.05, 0) is 58.9 Å². The molecule has 6 rings (SSSR count). The minimum absolute atomic E-state index is 0. The zero-order valence-corrected chi connectivity index (χ0v) is 36.3. The predicted octanol–water partition coefficient (Wildman–Crippen LogP) is 7.03. The van der Waals surface area contributed by atoms with Gasteiger partial charge >= 0.3 is 67.0 Å². The van der Waals surface area contributed by atoms with Crippen LogP contribution < -0.4 is 24.8 Å². The molecule has 0 spiro atoms. The van der Waals surface area contributed by atoms with E-state index in [1.807, 2.05) is 30.3 Å². The Bertz CT molecular complexity index is 1710. The third kappa shape index (κ3) is 10.6. The summed E-state index contributed by atoms with van der Waals surface area (Å²) in [6.07, 6.45) is 0.942. The number of hydrogen-bond acceptors (Lipinski definition) is 0. The smallest absolute Gasteiger partial charge is 0.0126 e. The van der Waals surface area contributed by atoms with Gasteiger partial charge in [-0.15, -0.1) is 28.8 Å². The van der Waals surface area contributed by atoms with Crippen LogP contribution in [0, 0.1) is 31.7 Å². The molecule has 0 saturated heterocycles. The summed E-state index contributed by atoms with van der Waals surface area (Å²) in [4.78, 5) is 0. The fraction of sp³-hybridized carbons (Fsp3) is 0.362. The van der Waals surface area contributed by atoms with E-state index in [1.54, 1.807) is 27.4 Å². The maximum absolute atomic E-state index is 3.93. The van der Waals surface area contributed by atoms with Crippen molar-refractivity contribution >= 4 is 3.21 Å². The van der Waals surface area contributed by atoms with Crippen molar-refractivity contribution in [3.05, 3.63) is 137 Å². The van der Waals surface area contributed by atoms with Crippen LogP contribution in [0.2, 0.25) is 0 Å². The number of benzene rings is 4. The Balaban J connectivity index is 0.000000489. The van der Waals surface area contributed by atoms with Crippen molar-refractivity contribution in [2.75, 3.05) is 0 Å². The number of fused-ring (bicyclic) bond motifs is 3. The normalized spacial score (nSPS) is 11.7. The number of hydrogen-bond donors (Lipinski definition) is 0. The van der Waals surface area contributed by atoms with Gasteiger partial charge in [-0.1, -0.05) is 124 Å². The summed E-state index contributed by atoms with van der Waals surface area (Å²) < 4.78 is 1.69. The molecule has 0 N–H and O–H groups in total.